The highest BCUT2D eigenvalue weighted by molar-refractivity contribution is 6.30. The number of hydrogen-bond donors (Lipinski definition) is 5. The van der Waals surface area contributed by atoms with Crippen LogP contribution in [0.1, 0.15) is 68.3 Å². The Kier molecular flexibility index (Phi) is 15.6. The molecule has 1 aliphatic heterocycles. The lowest BCUT2D eigenvalue weighted by molar-refractivity contribution is -0.163. The third kappa shape index (κ3) is 12.4. The van der Waals surface area contributed by atoms with Gasteiger partial charge in [-0.25, -0.2) is 0 Å². The zero-order chi connectivity index (χ0) is 36.1. The molecular weight excluding hydrogens is 642 g/mol. The van der Waals surface area contributed by atoms with Gasteiger partial charge in [-0.15, -0.1) is 0 Å². The molecule has 14 heteroatoms. The molecule has 49 heavy (non-hydrogen) atoms. The molecule has 0 bridgehead atoms. The summed E-state index contributed by atoms with van der Waals surface area (Å²) in [7, 11) is 4.91. The minimum absolute atomic E-state index is 0.190. The van der Waals surface area contributed by atoms with E-state index >= 15 is 0 Å². The number of nitrogens with zero attached hydrogens (tertiary/aromatic N) is 1. The number of nitrogens with one attached hydrogen (secondary N) is 2. The molecule has 0 spiro atoms. The Labute approximate surface area is 286 Å². The first-order valence-corrected chi connectivity index (χ1v) is 16.6. The van der Waals surface area contributed by atoms with E-state index in [0.29, 0.717) is 31.9 Å². The second kappa shape index (κ2) is 19.1. The molecule has 3 atom stereocenters. The van der Waals surface area contributed by atoms with Gasteiger partial charge in [0.05, 0.1) is 30.6 Å². The Morgan fingerprint density at radius 2 is 1.67 bits per heavy atom. The van der Waals surface area contributed by atoms with Gasteiger partial charge in [0.2, 0.25) is 0 Å². The zero-order valence-electron chi connectivity index (χ0n) is 28.4. The Balaban J connectivity index is 0.000000390. The fraction of sp³-hybridized carbons (Fsp3) is 0.543. The lowest BCUT2D eigenvalue weighted by atomic mass is 9.92. The van der Waals surface area contributed by atoms with Gasteiger partial charge < -0.3 is 39.8 Å². The van der Waals surface area contributed by atoms with Crippen molar-refractivity contribution in [2.45, 2.75) is 103 Å². The summed E-state index contributed by atoms with van der Waals surface area (Å²) >= 11 is 0. The number of halogens is 3. The van der Waals surface area contributed by atoms with E-state index in [1.54, 1.807) is 23.2 Å². The summed E-state index contributed by atoms with van der Waals surface area (Å²) < 4.78 is 53.2. The predicted octanol–water partition coefficient (Wildman–Crippen LogP) is 4.38. The third-order valence-corrected chi connectivity index (χ3v) is 8.27. The Morgan fingerprint density at radius 3 is 2.29 bits per heavy atom. The SMILES string of the molecule is CC.Cc1cc(O)ccc1Oc1ccc(CCNC2CCC(OCC3OCCC(O)C3O)CC2)cc1C.[B]c1ncc(C(F)(F)F)[nH]c1=O. The first-order valence-electron chi connectivity index (χ1n) is 16.6. The van der Waals surface area contributed by atoms with Crippen LogP contribution in [0.3, 0.4) is 0 Å². The van der Waals surface area contributed by atoms with E-state index in [1.807, 2.05) is 26.8 Å². The van der Waals surface area contributed by atoms with Crippen LogP contribution in [-0.2, 0) is 22.1 Å². The van der Waals surface area contributed by atoms with E-state index in [-0.39, 0.29) is 11.9 Å². The lowest BCUT2D eigenvalue weighted by Gasteiger charge is -2.34. The fourth-order valence-corrected chi connectivity index (χ4v) is 5.49. The van der Waals surface area contributed by atoms with E-state index in [0.717, 1.165) is 61.3 Å². The fourth-order valence-electron chi connectivity index (χ4n) is 5.49. The highest BCUT2D eigenvalue weighted by Gasteiger charge is 2.33. The molecule has 1 aliphatic carbocycles. The molecule has 2 heterocycles. The van der Waals surface area contributed by atoms with Crippen molar-refractivity contribution in [2.75, 3.05) is 19.8 Å². The molecule has 3 aromatic rings. The van der Waals surface area contributed by atoms with Crippen molar-refractivity contribution in [3.05, 3.63) is 75.3 Å². The van der Waals surface area contributed by atoms with Gasteiger partial charge in [-0.05, 0) is 99.9 Å². The average molecular weight is 690 g/mol. The molecule has 2 radical (unpaired) electrons. The van der Waals surface area contributed by atoms with Crippen molar-refractivity contribution in [1.29, 1.82) is 0 Å². The van der Waals surface area contributed by atoms with Crippen molar-refractivity contribution in [3.63, 3.8) is 0 Å². The van der Waals surface area contributed by atoms with Crippen LogP contribution in [0.4, 0.5) is 13.2 Å². The molecule has 2 aromatic carbocycles. The number of phenolic OH excluding ortho intramolecular Hbond substituents is 1. The van der Waals surface area contributed by atoms with Gasteiger partial charge in [0.25, 0.3) is 5.56 Å². The van der Waals surface area contributed by atoms with Crippen LogP contribution < -0.4 is 21.2 Å². The number of alkyl halides is 3. The van der Waals surface area contributed by atoms with Gasteiger partial charge >= 0.3 is 6.18 Å². The number of benzene rings is 2. The molecule has 1 saturated carbocycles. The molecule has 1 saturated heterocycles. The molecule has 0 amide bonds. The quantitative estimate of drug-likeness (QED) is 0.207. The monoisotopic (exact) mass is 689 g/mol. The van der Waals surface area contributed by atoms with Gasteiger partial charge in [-0.1, -0.05) is 26.0 Å². The topological polar surface area (TPSA) is 146 Å². The summed E-state index contributed by atoms with van der Waals surface area (Å²) in [5, 5.41) is 33.1. The maximum atomic E-state index is 11.8. The first kappa shape index (κ1) is 40.0. The summed E-state index contributed by atoms with van der Waals surface area (Å²) in [5.41, 5.74) is 0.535. The Morgan fingerprint density at radius 1 is 1.02 bits per heavy atom. The van der Waals surface area contributed by atoms with Gasteiger partial charge in [-0.3, -0.25) is 9.78 Å². The maximum absolute atomic E-state index is 11.8. The second-order valence-corrected chi connectivity index (χ2v) is 11.9. The van der Waals surface area contributed by atoms with Crippen molar-refractivity contribution < 1.29 is 42.7 Å². The highest BCUT2D eigenvalue weighted by atomic mass is 19.4. The van der Waals surface area contributed by atoms with Crippen molar-refractivity contribution >= 4 is 13.4 Å². The number of H-pyrrole nitrogens is 1. The normalized spacial score (nSPS) is 22.3. The van der Waals surface area contributed by atoms with Gasteiger partial charge in [0.1, 0.15) is 43.0 Å². The van der Waals surface area contributed by atoms with Crippen molar-refractivity contribution in [3.8, 4) is 17.2 Å². The van der Waals surface area contributed by atoms with E-state index in [1.165, 1.54) is 5.56 Å². The van der Waals surface area contributed by atoms with Crippen LogP contribution in [-0.4, -0.2) is 83.4 Å². The number of aliphatic hydroxyl groups excluding tert-OH is 2. The van der Waals surface area contributed by atoms with E-state index < -0.39 is 41.3 Å². The largest absolute Gasteiger partial charge is 0.508 e. The molecule has 2 aliphatic rings. The molecule has 1 aromatic heterocycles. The molecule has 3 unspecified atom stereocenters. The maximum Gasteiger partial charge on any atom is 0.432 e. The molecule has 5 rings (SSSR count). The Bertz CT molecular complexity index is 1520. The van der Waals surface area contributed by atoms with Crippen LogP contribution in [0.25, 0.3) is 0 Å². The summed E-state index contributed by atoms with van der Waals surface area (Å²) in [6.45, 7) is 9.71. The van der Waals surface area contributed by atoms with Crippen LogP contribution in [0.5, 0.6) is 17.2 Å². The summed E-state index contributed by atoms with van der Waals surface area (Å²) in [4.78, 5) is 15.2. The lowest BCUT2D eigenvalue weighted by Crippen LogP contribution is -2.47. The number of phenols is 1. The number of hydrogen-bond acceptors (Lipinski definition) is 9. The highest BCUT2D eigenvalue weighted by Crippen LogP contribution is 2.30. The number of aromatic hydroxyl groups is 1. The minimum Gasteiger partial charge on any atom is -0.508 e. The molecule has 5 N–H and O–H groups in total. The molecular formula is C35H47BF3N3O7. The van der Waals surface area contributed by atoms with Gasteiger partial charge in [0, 0.05) is 12.6 Å². The first-order chi connectivity index (χ1) is 23.3. The standard InChI is InChI=1S/C28H39NO6.C5H2BF3N2O.C2H6/c1-18-15-20(3-9-25(18)35-26-10-6-22(30)16-19(26)2)11-13-29-21-4-7-23(8-5-21)34-17-27-28(32)24(31)12-14-33-27;6-3-4(12)11-2(1-10-3)5(7,8)9;1-2/h3,6,9-10,15-16,21,23-24,27-32H,4-5,7-8,11-14,17H2,1-2H3;1H,(H,11,12);1-2H3. The number of ether oxygens (including phenoxy) is 3. The summed E-state index contributed by atoms with van der Waals surface area (Å²) in [6, 6.07) is 11.9. The smallest absolute Gasteiger partial charge is 0.432 e. The summed E-state index contributed by atoms with van der Waals surface area (Å²) in [5.74, 6) is 1.82. The van der Waals surface area contributed by atoms with Gasteiger partial charge in [0.15, 0.2) is 0 Å². The van der Waals surface area contributed by atoms with E-state index in [4.69, 9.17) is 22.1 Å². The molecule has 268 valence electrons. The number of aryl methyl sites for hydroxylation is 2. The molecule has 10 nitrogen and oxygen atoms in total. The zero-order valence-corrected chi connectivity index (χ0v) is 28.4. The van der Waals surface area contributed by atoms with Crippen LogP contribution in [0.15, 0.2) is 47.4 Å². The van der Waals surface area contributed by atoms with Crippen molar-refractivity contribution in [2.24, 2.45) is 0 Å². The number of aromatic amines is 1. The summed E-state index contributed by atoms with van der Waals surface area (Å²) in [6.07, 6.45) is -0.392. The van der Waals surface area contributed by atoms with E-state index in [2.05, 4.69) is 29.4 Å². The van der Waals surface area contributed by atoms with E-state index in [9.17, 15) is 33.3 Å². The number of aliphatic hydroxyl groups is 2. The molecule has 2 fully saturated rings. The predicted molar refractivity (Wildman–Crippen MR) is 181 cm³/mol. The van der Waals surface area contributed by atoms with Gasteiger partial charge in [-0.2, -0.15) is 13.2 Å². The number of rotatable bonds is 9. The van der Waals surface area contributed by atoms with Crippen LogP contribution in [0, 0.1) is 13.8 Å². The third-order valence-electron chi connectivity index (χ3n) is 8.27. The average Bonchev–Trinajstić information content (AvgIpc) is 3.07. The Hall–Kier alpha value is -3.43. The van der Waals surface area contributed by atoms with Crippen LogP contribution >= 0.6 is 0 Å². The minimum atomic E-state index is -4.60. The van der Waals surface area contributed by atoms with Crippen molar-refractivity contribution in [1.82, 2.24) is 15.3 Å². The van der Waals surface area contributed by atoms with Crippen LogP contribution in [0.2, 0.25) is 0 Å². The second-order valence-electron chi connectivity index (χ2n) is 11.9. The number of aromatic nitrogens is 2.